The lowest BCUT2D eigenvalue weighted by molar-refractivity contribution is -0.139. The number of amides is 3. The van der Waals surface area contributed by atoms with Gasteiger partial charge in [-0.25, -0.2) is 19.7 Å². The molecular formula is C12H12N4O4S. The third-order valence-corrected chi connectivity index (χ3v) is 4.09. The van der Waals surface area contributed by atoms with Gasteiger partial charge in [-0.2, -0.15) is 0 Å². The molecule has 9 heteroatoms. The van der Waals surface area contributed by atoms with Crippen LogP contribution in [0.4, 0.5) is 4.79 Å². The molecule has 110 valence electrons. The van der Waals surface area contributed by atoms with Crippen LogP contribution in [-0.4, -0.2) is 69.2 Å². The average Bonchev–Trinajstić information content (AvgIpc) is 2.77. The van der Waals surface area contributed by atoms with Gasteiger partial charge in [0.15, 0.2) is 11.8 Å². The topological polar surface area (TPSA) is 92.7 Å². The predicted molar refractivity (Wildman–Crippen MR) is 71.3 cm³/mol. The van der Waals surface area contributed by atoms with Crippen LogP contribution in [0.2, 0.25) is 0 Å². The second-order valence-corrected chi connectivity index (χ2v) is 5.53. The second kappa shape index (κ2) is 5.68. The van der Waals surface area contributed by atoms with Crippen LogP contribution in [0, 0.1) is 0 Å². The lowest BCUT2D eigenvalue weighted by Gasteiger charge is -2.41. The summed E-state index contributed by atoms with van der Waals surface area (Å²) in [6.07, 6.45) is 2.61. The number of imide groups is 1. The summed E-state index contributed by atoms with van der Waals surface area (Å²) in [5.41, 5.74) is 0. The van der Waals surface area contributed by atoms with Crippen LogP contribution in [0.25, 0.3) is 0 Å². The van der Waals surface area contributed by atoms with E-state index >= 15 is 0 Å². The maximum Gasteiger partial charge on any atom is 0.417 e. The molecule has 0 atom stereocenters. The number of rotatable bonds is 4. The highest BCUT2D eigenvalue weighted by Gasteiger charge is 2.44. The number of cyclic esters (lactones) is 1. The Kier molecular flexibility index (Phi) is 3.74. The Bertz CT molecular complexity index is 560. The molecule has 3 heterocycles. The maximum absolute atomic E-state index is 12.0. The first kappa shape index (κ1) is 13.8. The molecule has 0 unspecified atom stereocenters. The molecule has 0 radical (unpaired) electrons. The summed E-state index contributed by atoms with van der Waals surface area (Å²) in [5.74, 6) is -0.178. The van der Waals surface area contributed by atoms with Crippen molar-refractivity contribution >= 4 is 29.7 Å². The van der Waals surface area contributed by atoms with Crippen molar-refractivity contribution in [3.63, 3.8) is 0 Å². The Morgan fingerprint density at radius 1 is 1.33 bits per heavy atom. The van der Waals surface area contributed by atoms with Gasteiger partial charge in [0.05, 0.1) is 11.8 Å². The largest absolute Gasteiger partial charge is 0.439 e. The van der Waals surface area contributed by atoms with Crippen molar-refractivity contribution in [3.8, 4) is 0 Å². The fourth-order valence-electron chi connectivity index (χ4n) is 2.12. The lowest BCUT2D eigenvalue weighted by atomic mass is 10.1. The van der Waals surface area contributed by atoms with Gasteiger partial charge in [0, 0.05) is 25.5 Å². The van der Waals surface area contributed by atoms with Gasteiger partial charge in [-0.3, -0.25) is 9.59 Å². The Morgan fingerprint density at radius 2 is 2.05 bits per heavy atom. The van der Waals surface area contributed by atoms with Crippen molar-refractivity contribution in [3.05, 3.63) is 18.5 Å². The van der Waals surface area contributed by atoms with Gasteiger partial charge in [0.1, 0.15) is 0 Å². The van der Waals surface area contributed by atoms with Crippen molar-refractivity contribution in [2.24, 2.45) is 0 Å². The Balaban J connectivity index is 1.46. The Labute approximate surface area is 124 Å². The highest BCUT2D eigenvalue weighted by molar-refractivity contribution is 7.99. The van der Waals surface area contributed by atoms with Crippen LogP contribution < -0.4 is 0 Å². The molecule has 0 bridgehead atoms. The van der Waals surface area contributed by atoms with Gasteiger partial charge in [0.25, 0.3) is 5.91 Å². The Hall–Kier alpha value is -2.16. The average molecular weight is 308 g/mol. The van der Waals surface area contributed by atoms with Gasteiger partial charge >= 0.3 is 6.09 Å². The van der Waals surface area contributed by atoms with Gasteiger partial charge < -0.3 is 9.64 Å². The third-order valence-electron chi connectivity index (χ3n) is 3.23. The highest BCUT2D eigenvalue weighted by Crippen LogP contribution is 2.21. The minimum absolute atomic E-state index is 0.0660. The van der Waals surface area contributed by atoms with E-state index in [1.807, 2.05) is 0 Å². The first-order chi connectivity index (χ1) is 10.1. The van der Waals surface area contributed by atoms with Crippen LogP contribution in [0.15, 0.2) is 23.6 Å². The fraction of sp³-hybridized carbons (Fsp3) is 0.417. The van der Waals surface area contributed by atoms with Gasteiger partial charge in [-0.1, -0.05) is 11.8 Å². The minimum Gasteiger partial charge on any atom is -0.439 e. The number of likely N-dealkylation sites (tertiary alicyclic amines) is 1. The molecule has 0 saturated carbocycles. The number of carbonyl (C=O) groups excluding carboxylic acids is 3. The van der Waals surface area contributed by atoms with Crippen LogP contribution in [0.1, 0.15) is 0 Å². The number of hydrogen-bond donors (Lipinski definition) is 0. The maximum atomic E-state index is 12.0. The van der Waals surface area contributed by atoms with Gasteiger partial charge in [0.2, 0.25) is 5.91 Å². The van der Waals surface area contributed by atoms with Crippen LogP contribution >= 0.6 is 11.8 Å². The molecule has 2 saturated heterocycles. The van der Waals surface area contributed by atoms with Crippen molar-refractivity contribution in [1.82, 2.24) is 19.8 Å². The smallest absolute Gasteiger partial charge is 0.417 e. The number of thioether (sulfide) groups is 1. The van der Waals surface area contributed by atoms with E-state index in [1.165, 1.54) is 11.8 Å². The quantitative estimate of drug-likeness (QED) is 0.559. The van der Waals surface area contributed by atoms with E-state index in [-0.39, 0.29) is 30.2 Å². The molecule has 3 amide bonds. The fourth-order valence-corrected chi connectivity index (χ4v) is 2.82. The molecular weight excluding hydrogens is 296 g/mol. The highest BCUT2D eigenvalue weighted by atomic mass is 32.2. The summed E-state index contributed by atoms with van der Waals surface area (Å²) >= 11 is 1.26. The van der Waals surface area contributed by atoms with E-state index in [9.17, 15) is 14.4 Å². The number of carbonyl (C=O) groups is 3. The summed E-state index contributed by atoms with van der Waals surface area (Å²) in [5, 5.41) is 0.543. The van der Waals surface area contributed by atoms with Crippen molar-refractivity contribution in [2.45, 2.75) is 11.2 Å². The van der Waals surface area contributed by atoms with Crippen LogP contribution in [0.3, 0.4) is 0 Å². The molecule has 2 aliphatic heterocycles. The molecule has 8 nitrogen and oxygen atoms in total. The summed E-state index contributed by atoms with van der Waals surface area (Å²) < 4.78 is 4.65. The summed E-state index contributed by atoms with van der Waals surface area (Å²) in [4.78, 5) is 45.5. The normalized spacial score (nSPS) is 18.7. The summed E-state index contributed by atoms with van der Waals surface area (Å²) in [6, 6.07) is 1.44. The molecule has 0 aliphatic carbocycles. The van der Waals surface area contributed by atoms with Crippen molar-refractivity contribution < 1.29 is 19.1 Å². The standard InChI is InChI=1S/C12H12N4O4S/c17-9-6-20-12(19)16(9)8-4-15(5-8)10(18)7-21-11-13-2-1-3-14-11/h1-3,8H,4-7H2. The molecule has 1 aromatic heterocycles. The first-order valence-corrected chi connectivity index (χ1v) is 7.30. The zero-order chi connectivity index (χ0) is 14.8. The van der Waals surface area contributed by atoms with E-state index in [4.69, 9.17) is 0 Å². The molecule has 21 heavy (non-hydrogen) atoms. The van der Waals surface area contributed by atoms with E-state index in [0.29, 0.717) is 18.2 Å². The van der Waals surface area contributed by atoms with Crippen LogP contribution in [0.5, 0.6) is 0 Å². The molecule has 1 aromatic rings. The van der Waals surface area contributed by atoms with Gasteiger partial charge in [-0.15, -0.1) is 0 Å². The summed E-state index contributed by atoms with van der Waals surface area (Å²) in [6.45, 7) is 0.510. The molecule has 3 rings (SSSR count). The van der Waals surface area contributed by atoms with E-state index in [2.05, 4.69) is 14.7 Å². The van der Waals surface area contributed by atoms with Gasteiger partial charge in [-0.05, 0) is 6.07 Å². The number of ether oxygens (including phenoxy) is 1. The van der Waals surface area contributed by atoms with Crippen molar-refractivity contribution in [2.75, 3.05) is 25.4 Å². The molecule has 0 spiro atoms. The zero-order valence-corrected chi connectivity index (χ0v) is 11.8. The first-order valence-electron chi connectivity index (χ1n) is 6.31. The van der Waals surface area contributed by atoms with E-state index < -0.39 is 6.09 Å². The second-order valence-electron chi connectivity index (χ2n) is 4.59. The number of aromatic nitrogens is 2. The number of nitrogens with zero attached hydrogens (tertiary/aromatic N) is 4. The molecule has 0 aromatic carbocycles. The third kappa shape index (κ3) is 2.82. The molecule has 0 N–H and O–H groups in total. The van der Waals surface area contributed by atoms with Crippen molar-refractivity contribution in [1.29, 1.82) is 0 Å². The van der Waals surface area contributed by atoms with E-state index in [1.54, 1.807) is 23.4 Å². The lowest BCUT2D eigenvalue weighted by Crippen LogP contribution is -2.62. The van der Waals surface area contributed by atoms with Crippen LogP contribution in [-0.2, 0) is 14.3 Å². The SMILES string of the molecule is O=C(CSc1ncccn1)N1CC(N2C(=O)COC2=O)C1. The predicted octanol–water partition coefficient (Wildman–Crippen LogP) is -0.242. The van der Waals surface area contributed by atoms with E-state index in [0.717, 1.165) is 4.90 Å². The zero-order valence-electron chi connectivity index (χ0n) is 11.0. The Morgan fingerprint density at radius 3 is 2.67 bits per heavy atom. The summed E-state index contributed by atoms with van der Waals surface area (Å²) in [7, 11) is 0. The minimum atomic E-state index is -0.621. The molecule has 2 fully saturated rings. The molecule has 2 aliphatic rings. The number of hydrogen-bond acceptors (Lipinski definition) is 7. The monoisotopic (exact) mass is 308 g/mol.